The second-order valence-corrected chi connectivity index (χ2v) is 7.64. The van der Waals surface area contributed by atoms with Gasteiger partial charge in [0.05, 0.1) is 10.9 Å². The Morgan fingerprint density at radius 1 is 1.28 bits per heavy atom. The summed E-state index contributed by atoms with van der Waals surface area (Å²) in [5, 5.41) is 16.2. The van der Waals surface area contributed by atoms with Crippen molar-refractivity contribution in [1.82, 2.24) is 20.4 Å². The normalized spacial score (nSPS) is 12.4. The van der Waals surface area contributed by atoms with E-state index in [4.69, 9.17) is 5.26 Å². The highest BCUT2D eigenvalue weighted by atomic mass is 32.1. The molecule has 3 aromatic rings. The van der Waals surface area contributed by atoms with Crippen molar-refractivity contribution in [3.05, 3.63) is 52.0 Å². The molecule has 0 saturated carbocycles. The van der Waals surface area contributed by atoms with Crippen LogP contribution < -0.4 is 10.6 Å². The van der Waals surface area contributed by atoms with E-state index in [1.54, 1.807) is 6.07 Å². The minimum absolute atomic E-state index is 0.0769. The van der Waals surface area contributed by atoms with Gasteiger partial charge in [0.15, 0.2) is 5.69 Å². The number of amides is 2. The number of carbonyl (C=O) groups excluding carboxylic acids is 2. The largest absolute Gasteiger partial charge is 0.435 e. The van der Waals surface area contributed by atoms with Crippen LogP contribution >= 0.6 is 11.3 Å². The third-order valence-corrected chi connectivity index (χ3v) is 5.64. The van der Waals surface area contributed by atoms with Crippen LogP contribution in [0.25, 0.3) is 10.2 Å². The number of aromatic nitrogens is 2. The van der Waals surface area contributed by atoms with Crippen molar-refractivity contribution in [2.24, 2.45) is 7.05 Å². The van der Waals surface area contributed by atoms with Gasteiger partial charge in [-0.15, -0.1) is 11.3 Å². The lowest BCUT2D eigenvalue weighted by Gasteiger charge is -2.18. The molecule has 0 bridgehead atoms. The number of carbonyl (C=O) groups is 2. The minimum Gasteiger partial charge on any atom is -0.341 e. The fourth-order valence-corrected chi connectivity index (χ4v) is 3.96. The molecule has 2 N–H and O–H groups in total. The summed E-state index contributed by atoms with van der Waals surface area (Å²) in [6.07, 6.45) is -5.32. The molecule has 7 nitrogen and oxygen atoms in total. The SMILES string of the molecule is Cn1nc(C(F)(F)F)c2cc(C(=O)N[C@@H](Cc3c(F)cccc3F)C(=O)NCC#N)sc21. The number of hydrogen-bond acceptors (Lipinski definition) is 5. The number of aryl methyl sites for hydroxylation is 1. The molecule has 0 radical (unpaired) electrons. The number of rotatable bonds is 6. The predicted octanol–water partition coefficient (Wildman–Crippen LogP) is 2.91. The van der Waals surface area contributed by atoms with E-state index in [-0.39, 0.29) is 15.1 Å². The molecule has 0 unspecified atom stereocenters. The number of nitrogens with one attached hydrogen (secondary N) is 2. The van der Waals surface area contributed by atoms with Crippen molar-refractivity contribution in [2.75, 3.05) is 6.54 Å². The monoisotopic (exact) mass is 471 g/mol. The first-order valence-corrected chi connectivity index (χ1v) is 9.76. The molecule has 2 heterocycles. The second-order valence-electron chi connectivity index (χ2n) is 6.61. The molecule has 13 heteroatoms. The van der Waals surface area contributed by atoms with E-state index in [0.717, 1.165) is 28.9 Å². The third kappa shape index (κ3) is 4.70. The summed E-state index contributed by atoms with van der Waals surface area (Å²) in [7, 11) is 1.29. The Hall–Kier alpha value is -3.53. The van der Waals surface area contributed by atoms with Crippen molar-refractivity contribution in [1.29, 1.82) is 5.26 Å². The maximum absolute atomic E-state index is 14.0. The lowest BCUT2D eigenvalue weighted by molar-refractivity contribution is -0.140. The van der Waals surface area contributed by atoms with Crippen molar-refractivity contribution < 1.29 is 31.5 Å². The van der Waals surface area contributed by atoms with Crippen LogP contribution in [0.4, 0.5) is 22.0 Å². The quantitative estimate of drug-likeness (QED) is 0.427. The summed E-state index contributed by atoms with van der Waals surface area (Å²) < 4.78 is 68.6. The van der Waals surface area contributed by atoms with E-state index in [1.807, 2.05) is 0 Å². The smallest absolute Gasteiger partial charge is 0.341 e. The van der Waals surface area contributed by atoms with Gasteiger partial charge >= 0.3 is 6.18 Å². The molecule has 168 valence electrons. The van der Waals surface area contributed by atoms with Crippen molar-refractivity contribution in [3.8, 4) is 6.07 Å². The number of thiophene rings is 1. The molecule has 0 aliphatic carbocycles. The first kappa shape index (κ1) is 23.1. The zero-order valence-electron chi connectivity index (χ0n) is 16.3. The first-order chi connectivity index (χ1) is 15.0. The van der Waals surface area contributed by atoms with Gasteiger partial charge in [-0.05, 0) is 18.2 Å². The molecular weight excluding hydrogens is 457 g/mol. The van der Waals surface area contributed by atoms with E-state index >= 15 is 0 Å². The molecule has 1 aromatic carbocycles. The van der Waals surface area contributed by atoms with Gasteiger partial charge in [0.2, 0.25) is 5.91 Å². The molecule has 0 aliphatic rings. The van der Waals surface area contributed by atoms with E-state index in [9.17, 15) is 31.5 Å². The third-order valence-electron chi connectivity index (χ3n) is 4.44. The number of nitrogens with zero attached hydrogens (tertiary/aromatic N) is 3. The molecule has 2 aromatic heterocycles. The molecule has 0 fully saturated rings. The lowest BCUT2D eigenvalue weighted by Crippen LogP contribution is -2.48. The topological polar surface area (TPSA) is 99.8 Å². The summed E-state index contributed by atoms with van der Waals surface area (Å²) in [4.78, 5) is 25.0. The zero-order valence-corrected chi connectivity index (χ0v) is 17.1. The van der Waals surface area contributed by atoms with Crippen LogP contribution in [-0.2, 0) is 24.4 Å². The molecule has 1 atom stereocenters. The summed E-state index contributed by atoms with van der Waals surface area (Å²) in [6, 6.07) is 4.23. The summed E-state index contributed by atoms with van der Waals surface area (Å²) >= 11 is 0.709. The van der Waals surface area contributed by atoms with E-state index in [0.29, 0.717) is 11.3 Å². The maximum atomic E-state index is 14.0. The van der Waals surface area contributed by atoms with Crippen LogP contribution in [0.15, 0.2) is 24.3 Å². The lowest BCUT2D eigenvalue weighted by atomic mass is 10.0. The molecule has 32 heavy (non-hydrogen) atoms. The molecular formula is C19H14F5N5O2S. The van der Waals surface area contributed by atoms with Crippen molar-refractivity contribution in [2.45, 2.75) is 18.6 Å². The Morgan fingerprint density at radius 2 is 1.94 bits per heavy atom. The van der Waals surface area contributed by atoms with Crippen molar-refractivity contribution >= 4 is 33.4 Å². The molecule has 3 rings (SSSR count). The van der Waals surface area contributed by atoms with Gasteiger partial charge in [0.25, 0.3) is 5.91 Å². The number of hydrogen-bond donors (Lipinski definition) is 2. The minimum atomic E-state index is -4.74. The summed E-state index contributed by atoms with van der Waals surface area (Å²) in [5.41, 5.74) is -1.63. The van der Waals surface area contributed by atoms with E-state index < -0.39 is 59.9 Å². The van der Waals surface area contributed by atoms with Crippen molar-refractivity contribution in [3.63, 3.8) is 0 Å². The number of benzene rings is 1. The average Bonchev–Trinajstić information content (AvgIpc) is 3.28. The number of fused-ring (bicyclic) bond motifs is 1. The van der Waals surface area contributed by atoms with Crippen LogP contribution in [0.3, 0.4) is 0 Å². The Balaban J connectivity index is 1.91. The fraction of sp³-hybridized carbons (Fsp3) is 0.263. The number of halogens is 5. The zero-order chi connectivity index (χ0) is 23.6. The molecule has 0 aliphatic heterocycles. The van der Waals surface area contributed by atoms with E-state index in [2.05, 4.69) is 15.7 Å². The Morgan fingerprint density at radius 3 is 2.53 bits per heavy atom. The van der Waals surface area contributed by atoms with Crippen LogP contribution in [0, 0.1) is 23.0 Å². The van der Waals surface area contributed by atoms with Gasteiger partial charge < -0.3 is 10.6 Å². The molecule has 0 spiro atoms. The van der Waals surface area contributed by atoms with Gasteiger partial charge in [-0.3, -0.25) is 14.3 Å². The van der Waals surface area contributed by atoms with Gasteiger partial charge in [-0.25, -0.2) is 8.78 Å². The number of nitriles is 1. The van der Waals surface area contributed by atoms with Gasteiger partial charge in [-0.1, -0.05) is 6.07 Å². The Bertz CT molecular complexity index is 1210. The fourth-order valence-electron chi connectivity index (χ4n) is 2.98. The first-order valence-electron chi connectivity index (χ1n) is 8.95. The molecule has 2 amide bonds. The molecule has 0 saturated heterocycles. The highest BCUT2D eigenvalue weighted by Crippen LogP contribution is 2.37. The highest BCUT2D eigenvalue weighted by Gasteiger charge is 2.37. The predicted molar refractivity (Wildman–Crippen MR) is 104 cm³/mol. The summed E-state index contributed by atoms with van der Waals surface area (Å²) in [5.74, 6) is -3.70. The maximum Gasteiger partial charge on any atom is 0.435 e. The van der Waals surface area contributed by atoms with Crippen LogP contribution in [-0.4, -0.2) is 34.2 Å². The van der Waals surface area contributed by atoms with Gasteiger partial charge in [-0.2, -0.15) is 23.5 Å². The van der Waals surface area contributed by atoms with Crippen LogP contribution in [0.1, 0.15) is 20.9 Å². The standard InChI is InChI=1S/C19H14F5N5O2S/c1-29-18-10(15(28-29)19(22,23)24)8-14(32-18)17(31)27-13(16(30)26-6-5-25)7-9-11(20)3-2-4-12(9)21/h2-4,8,13H,6-7H2,1H3,(H,26,30)(H,27,31)/t13-/m0/s1. The van der Waals surface area contributed by atoms with Gasteiger partial charge in [0, 0.05) is 24.4 Å². The number of alkyl halides is 3. The van der Waals surface area contributed by atoms with Crippen LogP contribution in [0.5, 0.6) is 0 Å². The second kappa shape index (κ2) is 8.91. The Labute approximate surface area is 181 Å². The Kier molecular flexibility index (Phi) is 6.45. The van der Waals surface area contributed by atoms with E-state index in [1.165, 1.54) is 7.05 Å². The van der Waals surface area contributed by atoms with Crippen LogP contribution in [0.2, 0.25) is 0 Å². The van der Waals surface area contributed by atoms with Gasteiger partial charge in [0.1, 0.15) is 29.1 Å². The summed E-state index contributed by atoms with van der Waals surface area (Å²) in [6.45, 7) is -0.422. The highest BCUT2D eigenvalue weighted by molar-refractivity contribution is 7.20. The average molecular weight is 471 g/mol.